The number of carbonyl (C=O) groups is 1. The fraction of sp³-hybridized carbons (Fsp3) is 0.333. The van der Waals surface area contributed by atoms with E-state index in [0.717, 1.165) is 15.5 Å². The van der Waals surface area contributed by atoms with Crippen LogP contribution < -0.4 is 5.32 Å². The van der Waals surface area contributed by atoms with Gasteiger partial charge in [-0.1, -0.05) is 28.1 Å². The molecule has 1 aliphatic heterocycles. The molecule has 30 heavy (non-hydrogen) atoms. The maximum atomic E-state index is 13.0. The van der Waals surface area contributed by atoms with Gasteiger partial charge in [-0.25, -0.2) is 13.4 Å². The summed E-state index contributed by atoms with van der Waals surface area (Å²) in [6.07, 6.45) is 1.28. The molecule has 4 rings (SSSR count). The molecule has 158 valence electrons. The Morgan fingerprint density at radius 3 is 2.67 bits per heavy atom. The maximum absolute atomic E-state index is 13.0. The molecule has 7 nitrogen and oxygen atoms in total. The lowest BCUT2D eigenvalue weighted by atomic mass is 9.99. The van der Waals surface area contributed by atoms with Crippen LogP contribution in [0, 0.1) is 5.92 Å². The van der Waals surface area contributed by atoms with E-state index in [1.54, 1.807) is 24.3 Å². The predicted molar refractivity (Wildman–Crippen MR) is 120 cm³/mol. The molecule has 1 fully saturated rings. The van der Waals surface area contributed by atoms with Crippen LogP contribution in [0.3, 0.4) is 0 Å². The molecular formula is C21H23BrN4O3S. The van der Waals surface area contributed by atoms with Crippen LogP contribution in [0.5, 0.6) is 0 Å². The number of para-hydroxylation sites is 2. The highest BCUT2D eigenvalue weighted by molar-refractivity contribution is 9.10. The SMILES string of the molecule is CCn1c(NC(=O)C2CCCN(S(=O)(=O)c3ccc(Br)cc3)C2)nc2ccccc21. The highest BCUT2D eigenvalue weighted by atomic mass is 79.9. The monoisotopic (exact) mass is 490 g/mol. The highest BCUT2D eigenvalue weighted by Gasteiger charge is 2.33. The fourth-order valence-corrected chi connectivity index (χ4v) is 5.62. The van der Waals surface area contributed by atoms with Crippen LogP contribution in [0.2, 0.25) is 0 Å². The first kappa shape index (κ1) is 21.0. The molecule has 9 heteroatoms. The summed E-state index contributed by atoms with van der Waals surface area (Å²) in [5, 5.41) is 2.93. The van der Waals surface area contributed by atoms with Gasteiger partial charge in [0.1, 0.15) is 0 Å². The van der Waals surface area contributed by atoms with Gasteiger partial charge in [0.15, 0.2) is 0 Å². The average Bonchev–Trinajstić information content (AvgIpc) is 3.11. The number of hydrogen-bond donors (Lipinski definition) is 1. The first-order valence-electron chi connectivity index (χ1n) is 9.92. The van der Waals surface area contributed by atoms with Crippen LogP contribution in [0.4, 0.5) is 5.95 Å². The molecule has 1 N–H and O–H groups in total. The Morgan fingerprint density at radius 2 is 1.93 bits per heavy atom. The summed E-state index contributed by atoms with van der Waals surface area (Å²) in [5.41, 5.74) is 1.77. The second-order valence-electron chi connectivity index (χ2n) is 7.31. The zero-order valence-electron chi connectivity index (χ0n) is 16.6. The van der Waals surface area contributed by atoms with Crippen molar-refractivity contribution in [2.24, 2.45) is 5.92 Å². The lowest BCUT2D eigenvalue weighted by Crippen LogP contribution is -2.43. The van der Waals surface area contributed by atoms with Gasteiger partial charge >= 0.3 is 0 Å². The molecule has 0 saturated carbocycles. The van der Waals surface area contributed by atoms with E-state index in [1.807, 2.05) is 35.8 Å². The van der Waals surface area contributed by atoms with Gasteiger partial charge < -0.3 is 4.57 Å². The molecule has 3 aromatic rings. The number of hydrogen-bond acceptors (Lipinski definition) is 4. The zero-order valence-corrected chi connectivity index (χ0v) is 19.0. The minimum Gasteiger partial charge on any atom is -0.310 e. The Morgan fingerprint density at radius 1 is 1.20 bits per heavy atom. The van der Waals surface area contributed by atoms with Crippen molar-refractivity contribution < 1.29 is 13.2 Å². The van der Waals surface area contributed by atoms with E-state index in [1.165, 1.54) is 4.31 Å². The Bertz CT molecular complexity index is 1170. The summed E-state index contributed by atoms with van der Waals surface area (Å²) in [4.78, 5) is 17.7. The van der Waals surface area contributed by atoms with Gasteiger partial charge in [-0.2, -0.15) is 4.31 Å². The van der Waals surface area contributed by atoms with Gasteiger partial charge in [-0.15, -0.1) is 0 Å². The van der Waals surface area contributed by atoms with Crippen molar-refractivity contribution in [1.29, 1.82) is 0 Å². The fourth-order valence-electron chi connectivity index (χ4n) is 3.83. The van der Waals surface area contributed by atoms with Gasteiger partial charge in [0.05, 0.1) is 21.8 Å². The van der Waals surface area contributed by atoms with Crippen molar-refractivity contribution in [1.82, 2.24) is 13.9 Å². The van der Waals surface area contributed by atoms with Crippen molar-refractivity contribution in [3.8, 4) is 0 Å². The van der Waals surface area contributed by atoms with Crippen molar-refractivity contribution in [3.05, 3.63) is 53.0 Å². The summed E-state index contributed by atoms with van der Waals surface area (Å²) in [7, 11) is -3.64. The second kappa shape index (κ2) is 8.49. The number of fused-ring (bicyclic) bond motifs is 1. The molecule has 0 radical (unpaired) electrons. The third-order valence-electron chi connectivity index (χ3n) is 5.41. The van der Waals surface area contributed by atoms with Crippen LogP contribution in [0.15, 0.2) is 57.9 Å². The topological polar surface area (TPSA) is 84.3 Å². The van der Waals surface area contributed by atoms with Crippen molar-refractivity contribution in [3.63, 3.8) is 0 Å². The number of amides is 1. The number of nitrogens with one attached hydrogen (secondary N) is 1. The first-order valence-corrected chi connectivity index (χ1v) is 12.2. The first-order chi connectivity index (χ1) is 14.4. The van der Waals surface area contributed by atoms with Crippen molar-refractivity contribution >= 4 is 48.8 Å². The lowest BCUT2D eigenvalue weighted by Gasteiger charge is -2.31. The lowest BCUT2D eigenvalue weighted by molar-refractivity contribution is -0.120. The summed E-state index contributed by atoms with van der Waals surface area (Å²) >= 11 is 3.32. The molecule has 2 aromatic carbocycles. The maximum Gasteiger partial charge on any atom is 0.243 e. The van der Waals surface area contributed by atoms with E-state index in [-0.39, 0.29) is 17.3 Å². The number of aryl methyl sites for hydroxylation is 1. The molecule has 0 aliphatic carbocycles. The molecule has 1 unspecified atom stereocenters. The Kier molecular flexibility index (Phi) is 5.95. The quantitative estimate of drug-likeness (QED) is 0.588. The van der Waals surface area contributed by atoms with Crippen LogP contribution in [0.1, 0.15) is 19.8 Å². The number of sulfonamides is 1. The number of nitrogens with zero attached hydrogens (tertiary/aromatic N) is 3. The van der Waals surface area contributed by atoms with E-state index in [9.17, 15) is 13.2 Å². The van der Waals surface area contributed by atoms with Crippen LogP contribution >= 0.6 is 15.9 Å². The minimum absolute atomic E-state index is 0.163. The largest absolute Gasteiger partial charge is 0.310 e. The summed E-state index contributed by atoms with van der Waals surface area (Å²) < 4.78 is 30.2. The molecule has 1 aliphatic rings. The summed E-state index contributed by atoms with van der Waals surface area (Å²) in [6, 6.07) is 14.3. The van der Waals surface area contributed by atoms with Crippen LogP contribution in [-0.2, 0) is 21.4 Å². The number of halogens is 1. The van der Waals surface area contributed by atoms with E-state index in [4.69, 9.17) is 0 Å². The average molecular weight is 491 g/mol. The standard InChI is InChI=1S/C21H23BrN4O3S/c1-2-26-19-8-4-3-7-18(19)23-21(26)24-20(27)15-6-5-13-25(14-15)30(28,29)17-11-9-16(22)10-12-17/h3-4,7-12,15H,2,5-6,13-14H2,1H3,(H,23,24,27). The van der Waals surface area contributed by atoms with Gasteiger partial charge in [0.25, 0.3) is 0 Å². The molecule has 1 aromatic heterocycles. The predicted octanol–water partition coefficient (Wildman–Crippen LogP) is 3.86. The Labute approximate surface area is 184 Å². The van der Waals surface area contributed by atoms with Crippen LogP contribution in [0.25, 0.3) is 11.0 Å². The number of carbonyl (C=O) groups excluding carboxylic acids is 1. The van der Waals surface area contributed by atoms with Gasteiger partial charge in [-0.05, 0) is 56.2 Å². The highest BCUT2D eigenvalue weighted by Crippen LogP contribution is 2.26. The van der Waals surface area contributed by atoms with Crippen LogP contribution in [-0.4, -0.2) is 41.3 Å². The summed E-state index contributed by atoms with van der Waals surface area (Å²) in [6.45, 7) is 3.24. The number of imidazole rings is 1. The Hall–Kier alpha value is -2.23. The van der Waals surface area contributed by atoms with Crippen molar-refractivity contribution in [2.45, 2.75) is 31.2 Å². The number of benzene rings is 2. The molecular weight excluding hydrogens is 468 g/mol. The number of piperidine rings is 1. The molecule has 1 atom stereocenters. The number of anilines is 1. The normalized spacial score (nSPS) is 17.9. The molecule has 0 spiro atoms. The second-order valence-corrected chi connectivity index (χ2v) is 10.2. The Balaban J connectivity index is 1.52. The number of aromatic nitrogens is 2. The molecule has 1 saturated heterocycles. The van der Waals surface area contributed by atoms with Gasteiger partial charge in [0, 0.05) is 24.1 Å². The summed E-state index contributed by atoms with van der Waals surface area (Å²) in [5.74, 6) is -0.124. The van der Waals surface area contributed by atoms with Crippen molar-refractivity contribution in [2.75, 3.05) is 18.4 Å². The molecule has 0 bridgehead atoms. The third-order valence-corrected chi connectivity index (χ3v) is 7.82. The minimum atomic E-state index is -3.64. The smallest absolute Gasteiger partial charge is 0.243 e. The van der Waals surface area contributed by atoms with E-state index >= 15 is 0 Å². The van der Waals surface area contributed by atoms with E-state index < -0.39 is 15.9 Å². The molecule has 2 heterocycles. The van der Waals surface area contributed by atoms with Gasteiger partial charge in [0.2, 0.25) is 21.9 Å². The third kappa shape index (κ3) is 4.01. The van der Waals surface area contributed by atoms with E-state index in [2.05, 4.69) is 26.2 Å². The zero-order chi connectivity index (χ0) is 21.3. The number of rotatable bonds is 5. The van der Waals surface area contributed by atoms with Gasteiger partial charge in [-0.3, -0.25) is 10.1 Å². The van der Waals surface area contributed by atoms with E-state index in [0.29, 0.717) is 31.9 Å². The molecule has 1 amide bonds.